The lowest BCUT2D eigenvalue weighted by Gasteiger charge is -2.11. The summed E-state index contributed by atoms with van der Waals surface area (Å²) in [5.74, 6) is 0.656. The molecule has 472 valence electrons. The molecule has 0 amide bonds. The zero-order chi connectivity index (χ0) is 62.6. The molecule has 6 aromatic rings. The maximum atomic E-state index is 13.4. The van der Waals surface area contributed by atoms with E-state index in [-0.39, 0.29) is 11.1 Å². The number of aryl methyl sites for hydroxylation is 2. The monoisotopic (exact) mass is 1200 g/mol. The highest BCUT2D eigenvalue weighted by molar-refractivity contribution is 5.97. The van der Waals surface area contributed by atoms with Gasteiger partial charge in [-0.1, -0.05) is 217 Å². The first-order valence-corrected chi connectivity index (χ1v) is 33.3. The first kappa shape index (κ1) is 69.6. The Morgan fingerprint density at radius 2 is 0.636 bits per heavy atom. The summed E-state index contributed by atoms with van der Waals surface area (Å²) in [6, 6.07) is 35.3. The molecule has 0 atom stereocenters. The van der Waals surface area contributed by atoms with E-state index in [1.165, 1.54) is 167 Å². The van der Waals surface area contributed by atoms with Crippen molar-refractivity contribution in [2.24, 2.45) is 0 Å². The van der Waals surface area contributed by atoms with Crippen molar-refractivity contribution in [1.82, 2.24) is 0 Å². The average molecular weight is 1200 g/mol. The minimum Gasteiger partial charge on any atom is -0.494 e. The van der Waals surface area contributed by atoms with E-state index < -0.39 is 23.9 Å². The van der Waals surface area contributed by atoms with Crippen molar-refractivity contribution in [2.75, 3.05) is 13.2 Å². The number of esters is 4. The van der Waals surface area contributed by atoms with Gasteiger partial charge in [-0.2, -0.15) is 0 Å². The van der Waals surface area contributed by atoms with E-state index in [0.29, 0.717) is 63.9 Å². The Morgan fingerprint density at radius 1 is 0.330 bits per heavy atom. The topological polar surface area (TPSA) is 124 Å². The van der Waals surface area contributed by atoms with Gasteiger partial charge >= 0.3 is 23.9 Å². The summed E-state index contributed by atoms with van der Waals surface area (Å²) in [4.78, 5) is 53.1. The fourth-order valence-electron chi connectivity index (χ4n) is 10.7. The Kier molecular flexibility index (Phi) is 31.8. The second-order valence-corrected chi connectivity index (χ2v) is 23.9. The first-order valence-electron chi connectivity index (χ1n) is 33.3. The van der Waals surface area contributed by atoms with Crippen molar-refractivity contribution in [1.29, 1.82) is 0 Å². The predicted octanol–water partition coefficient (Wildman–Crippen LogP) is 21.6. The zero-order valence-corrected chi connectivity index (χ0v) is 54.0. The molecule has 0 aliphatic rings. The molecule has 0 bridgehead atoms. The Hall–Kier alpha value is -7.46. The van der Waals surface area contributed by atoms with Crippen LogP contribution in [0.2, 0.25) is 0 Å². The number of carbonyl (C=O) groups is 4. The number of carbonyl (C=O) groups excluding carboxylic acids is 4. The SMILES string of the molecule is CCCCCCCCCCCCCCCCOc1ccc(/C=C(\C)C(=O)Oc2ccc(C(=O)Oc3ccc4ccc(OC(=O)c5ccc(OC(=O)/C(C)=C/c6ccc(OCCCCCCCCCCCCCCCC)cc6)c(C)c5)cc4c3)cc2C)cc1. The molecule has 6 aromatic carbocycles. The lowest BCUT2D eigenvalue weighted by atomic mass is 10.0. The van der Waals surface area contributed by atoms with Crippen LogP contribution in [0.1, 0.15) is 250 Å². The summed E-state index contributed by atoms with van der Waals surface area (Å²) in [6.45, 7) is 12.9. The largest absolute Gasteiger partial charge is 0.494 e. The number of fused-ring (bicyclic) bond motifs is 1. The third-order valence-corrected chi connectivity index (χ3v) is 16.1. The fraction of sp³-hybridized carbons (Fsp3) is 0.462. The van der Waals surface area contributed by atoms with Gasteiger partial charge in [0, 0.05) is 11.1 Å². The molecule has 0 spiro atoms. The molecule has 0 saturated carbocycles. The highest BCUT2D eigenvalue weighted by Crippen LogP contribution is 2.29. The van der Waals surface area contributed by atoms with Gasteiger partial charge in [0.2, 0.25) is 0 Å². The van der Waals surface area contributed by atoms with E-state index in [2.05, 4.69) is 13.8 Å². The molecule has 0 fully saturated rings. The van der Waals surface area contributed by atoms with Gasteiger partial charge in [0.15, 0.2) is 0 Å². The highest BCUT2D eigenvalue weighted by Gasteiger charge is 2.18. The van der Waals surface area contributed by atoms with Crippen LogP contribution in [0.15, 0.2) is 132 Å². The molecule has 0 saturated heterocycles. The molecule has 0 aromatic heterocycles. The van der Waals surface area contributed by atoms with Crippen molar-refractivity contribution < 1.29 is 47.6 Å². The van der Waals surface area contributed by atoms with E-state index in [0.717, 1.165) is 40.9 Å². The molecule has 0 aliphatic carbocycles. The smallest absolute Gasteiger partial charge is 0.343 e. The molecule has 88 heavy (non-hydrogen) atoms. The number of ether oxygens (including phenoxy) is 6. The molecule has 0 unspecified atom stereocenters. The van der Waals surface area contributed by atoms with E-state index in [1.54, 1.807) is 101 Å². The van der Waals surface area contributed by atoms with Crippen LogP contribution < -0.4 is 28.4 Å². The van der Waals surface area contributed by atoms with Gasteiger partial charge in [-0.15, -0.1) is 0 Å². The van der Waals surface area contributed by atoms with Crippen LogP contribution in [-0.4, -0.2) is 37.1 Å². The van der Waals surface area contributed by atoms with Crippen LogP contribution in [0.3, 0.4) is 0 Å². The Balaban J connectivity index is 0.876. The molecule has 0 N–H and O–H groups in total. The second kappa shape index (κ2) is 40.2. The van der Waals surface area contributed by atoms with Crippen molar-refractivity contribution in [3.05, 3.63) is 166 Å². The van der Waals surface area contributed by atoms with Crippen LogP contribution in [0.25, 0.3) is 22.9 Å². The van der Waals surface area contributed by atoms with Crippen molar-refractivity contribution >= 4 is 46.8 Å². The predicted molar refractivity (Wildman–Crippen MR) is 359 cm³/mol. The van der Waals surface area contributed by atoms with Crippen LogP contribution in [0, 0.1) is 13.8 Å². The third-order valence-electron chi connectivity index (χ3n) is 16.1. The number of benzene rings is 6. The minimum atomic E-state index is -0.595. The maximum absolute atomic E-state index is 13.4. The van der Waals surface area contributed by atoms with Crippen LogP contribution >= 0.6 is 0 Å². The van der Waals surface area contributed by atoms with Gasteiger partial charge in [0.1, 0.15) is 34.5 Å². The third kappa shape index (κ3) is 26.1. The van der Waals surface area contributed by atoms with E-state index in [9.17, 15) is 19.2 Å². The molecule has 10 nitrogen and oxygen atoms in total. The van der Waals surface area contributed by atoms with Crippen LogP contribution in [0.5, 0.6) is 34.5 Å². The van der Waals surface area contributed by atoms with E-state index in [4.69, 9.17) is 28.4 Å². The molecule has 0 aliphatic heterocycles. The Bertz CT molecular complexity index is 2930. The van der Waals surface area contributed by atoms with Crippen molar-refractivity contribution in [3.8, 4) is 34.5 Å². The van der Waals surface area contributed by atoms with Gasteiger partial charge in [0.25, 0.3) is 0 Å². The Labute approximate surface area is 526 Å². The normalized spacial score (nSPS) is 11.6. The summed E-state index contributed by atoms with van der Waals surface area (Å²) < 4.78 is 35.0. The standard InChI is InChI=1S/C78H100O10/c1-7-9-11-13-15-17-19-21-23-25-27-29-31-33-51-83-69-43-35-63(36-44-69)53-61(5)75(79)87-73-49-41-66(55-59(73)3)77(81)85-71-47-39-65-40-48-72(58-68(65)57-71)86-78(82)67-42-50-74(60(4)56-67)88-76(80)62(6)54-64-37-45-70(46-38-64)84-52-34-32-30-28-26-24-22-20-18-16-14-12-10-8-2/h35-50,53-58H,7-34,51-52H2,1-6H3/b61-53+,62-54+. The van der Waals surface area contributed by atoms with E-state index >= 15 is 0 Å². The number of hydrogen-bond donors (Lipinski definition) is 0. The van der Waals surface area contributed by atoms with Gasteiger partial charge < -0.3 is 28.4 Å². The lowest BCUT2D eigenvalue weighted by molar-refractivity contribution is -0.130. The van der Waals surface area contributed by atoms with Gasteiger partial charge in [-0.3, -0.25) is 0 Å². The quantitative estimate of drug-likeness (QED) is 0.0158. The minimum absolute atomic E-state index is 0.276. The number of hydrogen-bond acceptors (Lipinski definition) is 10. The molecular weight excluding hydrogens is 1100 g/mol. The molecular formula is C78H100O10. The summed E-state index contributed by atoms with van der Waals surface area (Å²) in [7, 11) is 0. The molecule has 10 heteroatoms. The summed E-state index contributed by atoms with van der Waals surface area (Å²) in [5, 5.41) is 1.52. The summed E-state index contributed by atoms with van der Waals surface area (Å²) >= 11 is 0. The van der Waals surface area contributed by atoms with Gasteiger partial charge in [0.05, 0.1) is 24.3 Å². The first-order chi connectivity index (χ1) is 42.9. The van der Waals surface area contributed by atoms with Crippen molar-refractivity contribution in [2.45, 2.75) is 221 Å². The average Bonchev–Trinajstić information content (AvgIpc) is 3.44. The lowest BCUT2D eigenvalue weighted by Crippen LogP contribution is -2.12. The molecule has 0 radical (unpaired) electrons. The number of unbranched alkanes of at least 4 members (excludes halogenated alkanes) is 26. The second-order valence-electron chi connectivity index (χ2n) is 23.9. The van der Waals surface area contributed by atoms with Gasteiger partial charge in [-0.25, -0.2) is 19.2 Å². The molecule has 0 heterocycles. The van der Waals surface area contributed by atoms with Gasteiger partial charge in [-0.05, 0) is 171 Å². The summed E-state index contributed by atoms with van der Waals surface area (Å²) in [5.41, 5.74) is 4.27. The Morgan fingerprint density at radius 3 is 0.955 bits per heavy atom. The summed E-state index contributed by atoms with van der Waals surface area (Å²) in [6.07, 6.45) is 40.6. The highest BCUT2D eigenvalue weighted by atomic mass is 16.5. The zero-order valence-electron chi connectivity index (χ0n) is 54.0. The van der Waals surface area contributed by atoms with Crippen LogP contribution in [0.4, 0.5) is 0 Å². The van der Waals surface area contributed by atoms with E-state index in [1.807, 2.05) is 60.7 Å². The maximum Gasteiger partial charge on any atom is 0.343 e. The number of rotatable bonds is 42. The molecule has 6 rings (SSSR count). The fourth-order valence-corrected chi connectivity index (χ4v) is 10.7. The van der Waals surface area contributed by atoms with Crippen molar-refractivity contribution in [3.63, 3.8) is 0 Å². The van der Waals surface area contributed by atoms with Crippen LogP contribution in [-0.2, 0) is 9.59 Å².